The van der Waals surface area contributed by atoms with E-state index in [4.69, 9.17) is 12.7 Å². The second-order valence-corrected chi connectivity index (χ2v) is 10.8. The van der Waals surface area contributed by atoms with Gasteiger partial charge in [0.1, 0.15) is 5.82 Å². The lowest BCUT2D eigenvalue weighted by Crippen LogP contribution is -2.36. The number of carbonyl (C=O) groups is 2. The van der Waals surface area contributed by atoms with Crippen LogP contribution < -0.4 is 0 Å². The van der Waals surface area contributed by atoms with Gasteiger partial charge >= 0.3 is 5.97 Å². The molecule has 3 aliphatic rings. The molecule has 0 saturated carbocycles. The van der Waals surface area contributed by atoms with Crippen molar-refractivity contribution in [1.82, 2.24) is 19.3 Å². The number of ether oxygens (including phenoxy) is 1. The number of esters is 1. The summed E-state index contributed by atoms with van der Waals surface area (Å²) in [7, 11) is 5.92. The van der Waals surface area contributed by atoms with Crippen molar-refractivity contribution in [1.29, 1.82) is 0 Å². The van der Waals surface area contributed by atoms with E-state index in [0.717, 1.165) is 62.1 Å². The highest BCUT2D eigenvalue weighted by Gasteiger charge is 2.42. The van der Waals surface area contributed by atoms with Crippen LogP contribution in [0.1, 0.15) is 76.6 Å². The highest BCUT2D eigenvalue weighted by molar-refractivity contribution is 6.04. The van der Waals surface area contributed by atoms with Crippen molar-refractivity contribution in [2.24, 2.45) is 0 Å². The van der Waals surface area contributed by atoms with Gasteiger partial charge in [-0.2, -0.15) is 0 Å². The van der Waals surface area contributed by atoms with Crippen LogP contribution in [0, 0.1) is 12.7 Å². The highest BCUT2D eigenvalue weighted by atomic mass is 19.1. The van der Waals surface area contributed by atoms with Crippen LogP contribution in [0.3, 0.4) is 0 Å². The van der Waals surface area contributed by atoms with Gasteiger partial charge in [-0.1, -0.05) is 18.2 Å². The van der Waals surface area contributed by atoms with Gasteiger partial charge in [-0.05, 0) is 92.9 Å². The topological polar surface area (TPSA) is 67.7 Å². The molecule has 4 heterocycles. The van der Waals surface area contributed by atoms with E-state index in [9.17, 15) is 9.59 Å². The van der Waals surface area contributed by atoms with Crippen molar-refractivity contribution >= 4 is 19.9 Å². The van der Waals surface area contributed by atoms with Gasteiger partial charge in [0.25, 0.3) is 5.91 Å². The van der Waals surface area contributed by atoms with Gasteiger partial charge in [0.05, 0.1) is 25.2 Å². The first kappa shape index (κ1) is 25.8. The zero-order chi connectivity index (χ0) is 27.3. The van der Waals surface area contributed by atoms with E-state index >= 15 is 4.39 Å². The second kappa shape index (κ2) is 10.3. The molecule has 3 aliphatic heterocycles. The van der Waals surface area contributed by atoms with Crippen molar-refractivity contribution in [2.45, 2.75) is 64.6 Å². The Morgan fingerprint density at radius 3 is 2.72 bits per heavy atom. The molecule has 1 aromatic heterocycles. The van der Waals surface area contributed by atoms with Crippen LogP contribution in [0.2, 0.25) is 0 Å². The van der Waals surface area contributed by atoms with Gasteiger partial charge in [-0.3, -0.25) is 4.79 Å². The number of rotatable bonds is 6. The van der Waals surface area contributed by atoms with Gasteiger partial charge in [-0.25, -0.2) is 14.2 Å². The Morgan fingerprint density at radius 2 is 1.97 bits per heavy atom. The fraction of sp³-hybridized carbons (Fsp3) is 0.433. The molecule has 7 nitrogen and oxygen atoms in total. The quantitative estimate of drug-likeness (QED) is 0.351. The molecule has 2 radical (unpaired) electrons. The van der Waals surface area contributed by atoms with E-state index in [0.29, 0.717) is 22.7 Å². The molecule has 3 aromatic rings. The third-order valence-electron chi connectivity index (χ3n) is 8.45. The number of imidazole rings is 1. The molecule has 0 N–H and O–H groups in total. The molecule has 0 spiro atoms. The highest BCUT2D eigenvalue weighted by Crippen LogP contribution is 2.39. The van der Waals surface area contributed by atoms with Crippen molar-refractivity contribution in [3.63, 3.8) is 0 Å². The molecule has 0 bridgehead atoms. The minimum absolute atomic E-state index is 0.00613. The smallest absolute Gasteiger partial charge is 0.335 e. The number of piperidine rings is 1. The molecule has 1 atom stereocenters. The summed E-state index contributed by atoms with van der Waals surface area (Å²) < 4.78 is 22.9. The van der Waals surface area contributed by atoms with Gasteiger partial charge in [-0.15, -0.1) is 0 Å². The summed E-state index contributed by atoms with van der Waals surface area (Å²) in [5.41, 5.74) is 5.88. The van der Waals surface area contributed by atoms with Crippen LogP contribution in [-0.2, 0) is 29.0 Å². The van der Waals surface area contributed by atoms with Crippen molar-refractivity contribution in [2.75, 3.05) is 19.7 Å². The molecule has 0 aliphatic carbocycles. The molecule has 2 aromatic carbocycles. The molecular formula is C30H32BFN4O3. The SMILES string of the molecule is [B]N1CCC(c2ccc(-c3cc(F)c4c(c3)C(=O)N(C(C(=O)OCC)c3ncn5c3CCC5)C4)c(C)c2)CC1. The lowest BCUT2D eigenvalue weighted by molar-refractivity contribution is -0.149. The Balaban J connectivity index is 1.32. The molecule has 39 heavy (non-hydrogen) atoms. The Kier molecular flexibility index (Phi) is 6.79. The first-order valence-corrected chi connectivity index (χ1v) is 13.8. The average Bonchev–Trinajstić information content (AvgIpc) is 3.62. The van der Waals surface area contributed by atoms with Crippen LogP contribution in [0.5, 0.6) is 0 Å². The lowest BCUT2D eigenvalue weighted by Gasteiger charge is -2.30. The van der Waals surface area contributed by atoms with E-state index in [2.05, 4.69) is 17.1 Å². The largest absolute Gasteiger partial charge is 0.464 e. The minimum atomic E-state index is -1.01. The summed E-state index contributed by atoms with van der Waals surface area (Å²) in [6.45, 7) is 6.49. The molecule has 1 fully saturated rings. The summed E-state index contributed by atoms with van der Waals surface area (Å²) >= 11 is 0. The standard InChI is InChI=1S/C30H32BFN4O3/c1-3-39-30(38)28(27-26-5-4-10-34(26)17-33-27)36-16-24-23(29(36)37)14-21(15-25(24)32)22-7-6-20(13-18(22)2)19-8-11-35(31)12-9-19/h6-7,13-15,17,19,28H,3-5,8-12,16H2,1-2H3. The Labute approximate surface area is 229 Å². The van der Waals surface area contributed by atoms with Crippen LogP contribution in [-0.4, -0.2) is 58.8 Å². The predicted molar refractivity (Wildman–Crippen MR) is 146 cm³/mol. The maximum absolute atomic E-state index is 15.6. The molecule has 9 heteroatoms. The summed E-state index contributed by atoms with van der Waals surface area (Å²) in [4.78, 5) is 34.7. The third kappa shape index (κ3) is 4.56. The Hall–Kier alpha value is -3.46. The number of fused-ring (bicyclic) bond motifs is 2. The van der Waals surface area contributed by atoms with Crippen LogP contribution in [0.15, 0.2) is 36.7 Å². The lowest BCUT2D eigenvalue weighted by atomic mass is 9.86. The summed E-state index contributed by atoms with van der Waals surface area (Å²) in [6.07, 6.45) is 5.46. The second-order valence-electron chi connectivity index (χ2n) is 10.8. The number of carbonyl (C=O) groups excluding carboxylic acids is 2. The molecule has 200 valence electrons. The molecule has 6 rings (SSSR count). The molecular weight excluding hydrogens is 494 g/mol. The van der Waals surface area contributed by atoms with Crippen molar-refractivity contribution in [3.05, 3.63) is 76.1 Å². The van der Waals surface area contributed by atoms with Crippen LogP contribution >= 0.6 is 0 Å². The van der Waals surface area contributed by atoms with Crippen LogP contribution in [0.25, 0.3) is 11.1 Å². The van der Waals surface area contributed by atoms with E-state index in [1.807, 2.05) is 22.4 Å². The first-order valence-electron chi connectivity index (χ1n) is 13.8. The van der Waals surface area contributed by atoms with E-state index < -0.39 is 17.8 Å². The number of halogens is 1. The van der Waals surface area contributed by atoms with Crippen LogP contribution in [0.4, 0.5) is 4.39 Å². The fourth-order valence-electron chi connectivity index (χ4n) is 6.39. The first-order chi connectivity index (χ1) is 18.9. The van der Waals surface area contributed by atoms with E-state index in [1.165, 1.54) is 16.5 Å². The normalized spacial score (nSPS) is 18.3. The summed E-state index contributed by atoms with van der Waals surface area (Å²) in [6, 6.07) is 8.54. The zero-order valence-electron chi connectivity index (χ0n) is 22.5. The van der Waals surface area contributed by atoms with E-state index in [1.54, 1.807) is 19.3 Å². The van der Waals surface area contributed by atoms with E-state index in [-0.39, 0.29) is 24.6 Å². The third-order valence-corrected chi connectivity index (χ3v) is 8.45. The molecule has 1 amide bonds. The Bertz CT molecular complexity index is 1450. The number of aromatic nitrogens is 2. The van der Waals surface area contributed by atoms with Crippen molar-refractivity contribution < 1.29 is 18.7 Å². The monoisotopic (exact) mass is 526 g/mol. The van der Waals surface area contributed by atoms with Gasteiger partial charge in [0.15, 0.2) is 14.0 Å². The minimum Gasteiger partial charge on any atom is -0.464 e. The number of amides is 1. The number of aryl methyl sites for hydroxylation is 2. The molecule has 1 saturated heterocycles. The van der Waals surface area contributed by atoms with Gasteiger partial charge in [0.2, 0.25) is 0 Å². The maximum Gasteiger partial charge on any atom is 0.335 e. The fourth-order valence-corrected chi connectivity index (χ4v) is 6.39. The summed E-state index contributed by atoms with van der Waals surface area (Å²) in [5.74, 6) is -0.922. The molecule has 1 unspecified atom stereocenters. The maximum atomic E-state index is 15.6. The van der Waals surface area contributed by atoms with Gasteiger partial charge < -0.3 is 19.0 Å². The number of nitrogens with zero attached hydrogens (tertiary/aromatic N) is 4. The van der Waals surface area contributed by atoms with Gasteiger partial charge in [0, 0.05) is 23.4 Å². The summed E-state index contributed by atoms with van der Waals surface area (Å²) in [5, 5.41) is 0. The van der Waals surface area contributed by atoms with Crippen molar-refractivity contribution in [3.8, 4) is 11.1 Å². The average molecular weight is 526 g/mol. The zero-order valence-corrected chi connectivity index (χ0v) is 22.5. The number of hydrogen-bond donors (Lipinski definition) is 0. The number of benzene rings is 2. The Morgan fingerprint density at radius 1 is 1.18 bits per heavy atom. The predicted octanol–water partition coefficient (Wildman–Crippen LogP) is 4.47. The number of hydrogen-bond acceptors (Lipinski definition) is 5.